The number of aromatic nitrogens is 2. The van der Waals surface area contributed by atoms with Crippen LogP contribution in [0, 0.1) is 13.8 Å². The van der Waals surface area contributed by atoms with E-state index in [1.807, 2.05) is 19.9 Å². The Hall–Kier alpha value is -2.89. The highest BCUT2D eigenvalue weighted by Crippen LogP contribution is 2.44. The van der Waals surface area contributed by atoms with E-state index in [2.05, 4.69) is 5.10 Å². The maximum absolute atomic E-state index is 10.5. The number of anilines is 1. The number of phenols is 1. The molecule has 0 amide bonds. The average Bonchev–Trinajstić information content (AvgIpc) is 3.10. The summed E-state index contributed by atoms with van der Waals surface area (Å²) in [5.74, 6) is 2.05. The number of nitrogens with two attached hydrogens (primary N) is 1. The Kier molecular flexibility index (Phi) is 2.37. The van der Waals surface area contributed by atoms with Gasteiger partial charge in [-0.1, -0.05) is 0 Å². The molecule has 4 aromatic rings. The fourth-order valence-corrected chi connectivity index (χ4v) is 2.85. The summed E-state index contributed by atoms with van der Waals surface area (Å²) in [6.45, 7) is 3.67. The molecule has 6 nitrogen and oxygen atoms in total. The Morgan fingerprint density at radius 1 is 1.05 bits per heavy atom. The zero-order chi connectivity index (χ0) is 15.6. The Balaban J connectivity index is 2.23. The average molecular weight is 297 g/mol. The van der Waals surface area contributed by atoms with Gasteiger partial charge in [0.15, 0.2) is 11.3 Å². The van der Waals surface area contributed by atoms with Crippen molar-refractivity contribution in [3.63, 3.8) is 0 Å². The standard InChI is InChI=1S/C16H15N3O3/c1-7-4-9-13(11-6-12(17)19(3)18-11)15-10(5-8(2)21-15)14(20)16(9)22-7/h4-6,20H,17H2,1-3H3. The number of hydrogen-bond acceptors (Lipinski definition) is 5. The molecule has 0 radical (unpaired) electrons. The second kappa shape index (κ2) is 4.07. The smallest absolute Gasteiger partial charge is 0.177 e. The van der Waals surface area contributed by atoms with Crippen molar-refractivity contribution in [1.82, 2.24) is 9.78 Å². The molecule has 0 atom stereocenters. The van der Waals surface area contributed by atoms with E-state index >= 15 is 0 Å². The minimum absolute atomic E-state index is 0.0857. The third kappa shape index (κ3) is 1.57. The van der Waals surface area contributed by atoms with Crippen molar-refractivity contribution in [3.05, 3.63) is 29.7 Å². The van der Waals surface area contributed by atoms with Gasteiger partial charge < -0.3 is 19.7 Å². The second-order valence-electron chi connectivity index (χ2n) is 5.50. The summed E-state index contributed by atoms with van der Waals surface area (Å²) in [7, 11) is 1.78. The van der Waals surface area contributed by atoms with Gasteiger partial charge in [-0.2, -0.15) is 5.10 Å². The molecule has 0 fully saturated rings. The van der Waals surface area contributed by atoms with Gasteiger partial charge in [-0.3, -0.25) is 4.68 Å². The van der Waals surface area contributed by atoms with Crippen LogP contribution in [0.5, 0.6) is 5.75 Å². The lowest BCUT2D eigenvalue weighted by atomic mass is 10.0. The molecule has 0 saturated heterocycles. The number of hydrogen-bond donors (Lipinski definition) is 2. The molecule has 0 aliphatic carbocycles. The van der Waals surface area contributed by atoms with Crippen LogP contribution in [0.2, 0.25) is 0 Å². The van der Waals surface area contributed by atoms with Gasteiger partial charge in [0.2, 0.25) is 0 Å². The van der Waals surface area contributed by atoms with Gasteiger partial charge in [0.05, 0.1) is 16.6 Å². The summed E-state index contributed by atoms with van der Waals surface area (Å²) < 4.78 is 13.1. The molecule has 6 heteroatoms. The SMILES string of the molecule is Cc1cc2c(-c3cc(N)n(C)n3)c3oc(C)cc3c(O)c2o1. The second-order valence-corrected chi connectivity index (χ2v) is 5.50. The van der Waals surface area contributed by atoms with E-state index < -0.39 is 0 Å². The van der Waals surface area contributed by atoms with Crippen molar-refractivity contribution < 1.29 is 13.9 Å². The highest BCUT2D eigenvalue weighted by atomic mass is 16.4. The maximum atomic E-state index is 10.5. The normalized spacial score (nSPS) is 11.8. The number of aromatic hydroxyl groups is 1. The van der Waals surface area contributed by atoms with Gasteiger partial charge in [0.25, 0.3) is 0 Å². The molecular formula is C16H15N3O3. The molecule has 0 spiro atoms. The van der Waals surface area contributed by atoms with Crippen molar-refractivity contribution in [2.45, 2.75) is 13.8 Å². The summed E-state index contributed by atoms with van der Waals surface area (Å²) in [5.41, 5.74) is 8.39. The quantitative estimate of drug-likeness (QED) is 0.561. The van der Waals surface area contributed by atoms with E-state index in [9.17, 15) is 5.11 Å². The highest BCUT2D eigenvalue weighted by Gasteiger charge is 2.23. The summed E-state index contributed by atoms with van der Waals surface area (Å²) in [6, 6.07) is 5.44. The first-order chi connectivity index (χ1) is 10.5. The van der Waals surface area contributed by atoms with Gasteiger partial charge in [-0.25, -0.2) is 0 Å². The fourth-order valence-electron chi connectivity index (χ4n) is 2.85. The van der Waals surface area contributed by atoms with Crippen LogP contribution in [0.1, 0.15) is 11.5 Å². The number of rotatable bonds is 1. The zero-order valence-electron chi connectivity index (χ0n) is 12.5. The Bertz CT molecular complexity index is 959. The first-order valence-corrected chi connectivity index (χ1v) is 6.91. The highest BCUT2D eigenvalue weighted by molar-refractivity contribution is 6.13. The number of phenolic OH excluding ortho intramolecular Hbond substituents is 1. The van der Waals surface area contributed by atoms with Crippen LogP contribution in [0.4, 0.5) is 5.82 Å². The lowest BCUT2D eigenvalue weighted by Gasteiger charge is -2.03. The van der Waals surface area contributed by atoms with Crippen molar-refractivity contribution in [3.8, 4) is 17.0 Å². The first kappa shape index (κ1) is 12.8. The first-order valence-electron chi connectivity index (χ1n) is 6.91. The largest absolute Gasteiger partial charge is 0.504 e. The van der Waals surface area contributed by atoms with E-state index in [1.165, 1.54) is 0 Å². The summed E-state index contributed by atoms with van der Waals surface area (Å²) in [5, 5.41) is 16.3. The van der Waals surface area contributed by atoms with E-state index in [0.717, 1.165) is 10.9 Å². The monoisotopic (exact) mass is 297 g/mol. The van der Waals surface area contributed by atoms with Crippen molar-refractivity contribution >= 4 is 27.8 Å². The molecule has 0 aliphatic rings. The molecule has 1 aromatic carbocycles. The van der Waals surface area contributed by atoms with Crippen LogP contribution < -0.4 is 5.73 Å². The van der Waals surface area contributed by atoms with Crippen LogP contribution >= 0.6 is 0 Å². The van der Waals surface area contributed by atoms with Gasteiger partial charge in [-0.15, -0.1) is 0 Å². The van der Waals surface area contributed by atoms with Crippen molar-refractivity contribution in [2.24, 2.45) is 7.05 Å². The molecule has 0 saturated carbocycles. The summed E-state index contributed by atoms with van der Waals surface area (Å²) in [4.78, 5) is 0. The van der Waals surface area contributed by atoms with E-state index in [1.54, 1.807) is 23.9 Å². The Labute approximate surface area is 125 Å². The number of benzene rings is 1. The molecular weight excluding hydrogens is 282 g/mol. The molecule has 0 bridgehead atoms. The number of fused-ring (bicyclic) bond motifs is 2. The molecule has 0 unspecified atom stereocenters. The van der Waals surface area contributed by atoms with Crippen LogP contribution in [0.25, 0.3) is 33.2 Å². The Morgan fingerprint density at radius 2 is 1.68 bits per heavy atom. The molecule has 3 heterocycles. The molecule has 3 aromatic heterocycles. The summed E-state index contributed by atoms with van der Waals surface area (Å²) in [6.07, 6.45) is 0. The van der Waals surface area contributed by atoms with Crippen LogP contribution in [-0.4, -0.2) is 14.9 Å². The minimum atomic E-state index is 0.0857. The van der Waals surface area contributed by atoms with Gasteiger partial charge in [0, 0.05) is 18.5 Å². The van der Waals surface area contributed by atoms with E-state index in [0.29, 0.717) is 39.6 Å². The van der Waals surface area contributed by atoms with Gasteiger partial charge in [-0.05, 0) is 26.0 Å². The predicted octanol–water partition coefficient (Wildman–Crippen LogP) is 3.48. The zero-order valence-corrected chi connectivity index (χ0v) is 12.5. The van der Waals surface area contributed by atoms with Crippen LogP contribution in [0.3, 0.4) is 0 Å². The molecule has 4 rings (SSSR count). The third-order valence-electron chi connectivity index (χ3n) is 3.85. The maximum Gasteiger partial charge on any atom is 0.177 e. The van der Waals surface area contributed by atoms with Crippen molar-refractivity contribution in [2.75, 3.05) is 5.73 Å². The summed E-state index contributed by atoms with van der Waals surface area (Å²) >= 11 is 0. The fraction of sp³-hybridized carbons (Fsp3) is 0.188. The van der Waals surface area contributed by atoms with Gasteiger partial charge >= 0.3 is 0 Å². The number of nitrogens with zero attached hydrogens (tertiary/aromatic N) is 2. The van der Waals surface area contributed by atoms with Crippen LogP contribution in [-0.2, 0) is 7.05 Å². The number of furan rings is 2. The third-order valence-corrected chi connectivity index (χ3v) is 3.85. The van der Waals surface area contributed by atoms with E-state index in [4.69, 9.17) is 14.6 Å². The van der Waals surface area contributed by atoms with Gasteiger partial charge in [0.1, 0.15) is 22.9 Å². The predicted molar refractivity (Wildman–Crippen MR) is 83.7 cm³/mol. The topological polar surface area (TPSA) is 90.4 Å². The molecule has 22 heavy (non-hydrogen) atoms. The van der Waals surface area contributed by atoms with Crippen LogP contribution in [0.15, 0.2) is 27.0 Å². The lowest BCUT2D eigenvalue weighted by Crippen LogP contribution is -1.96. The minimum Gasteiger partial charge on any atom is -0.504 e. The lowest BCUT2D eigenvalue weighted by molar-refractivity contribution is 0.466. The van der Waals surface area contributed by atoms with Crippen molar-refractivity contribution in [1.29, 1.82) is 0 Å². The number of aryl methyl sites for hydroxylation is 3. The number of nitrogen functional groups attached to an aromatic ring is 1. The van der Waals surface area contributed by atoms with E-state index in [-0.39, 0.29) is 5.75 Å². The molecule has 0 aliphatic heterocycles. The molecule has 112 valence electrons. The molecule has 3 N–H and O–H groups in total. The Morgan fingerprint density at radius 3 is 2.32 bits per heavy atom.